The third-order valence-corrected chi connectivity index (χ3v) is 4.59. The van der Waals surface area contributed by atoms with Crippen LogP contribution in [0.2, 0.25) is 0 Å². The number of furan rings is 1. The molecule has 0 unspecified atom stereocenters. The predicted octanol–water partition coefficient (Wildman–Crippen LogP) is 3.35. The Hall–Kier alpha value is -1.17. The van der Waals surface area contributed by atoms with Gasteiger partial charge in [-0.2, -0.15) is 0 Å². The van der Waals surface area contributed by atoms with Gasteiger partial charge in [0.15, 0.2) is 10.8 Å². The lowest BCUT2D eigenvalue weighted by Gasteiger charge is -2.25. The second kappa shape index (κ2) is 6.52. The molecular weight excluding hydrogens is 272 g/mol. The van der Waals surface area contributed by atoms with Gasteiger partial charge in [0.05, 0.1) is 5.60 Å². The fourth-order valence-corrected chi connectivity index (χ4v) is 2.81. The molecule has 0 aromatic carbocycles. The van der Waals surface area contributed by atoms with Gasteiger partial charge in [0, 0.05) is 24.2 Å². The summed E-state index contributed by atoms with van der Waals surface area (Å²) in [4.78, 5) is 5.52. The molecule has 5 heteroatoms. The van der Waals surface area contributed by atoms with E-state index in [0.717, 1.165) is 40.8 Å². The standard InChI is InChI=1S/C15H22N2O2S/c1-4-15(18,5-2)10-16-8-12-9-17-14(20-12)13-7-6-11(3)19-13/h6-7,9,16,18H,4-5,8,10H2,1-3H3. The molecule has 0 saturated carbocycles. The summed E-state index contributed by atoms with van der Waals surface area (Å²) >= 11 is 1.62. The van der Waals surface area contributed by atoms with Crippen molar-refractivity contribution < 1.29 is 9.52 Å². The number of thiazole rings is 1. The monoisotopic (exact) mass is 294 g/mol. The van der Waals surface area contributed by atoms with Crippen LogP contribution in [0, 0.1) is 6.92 Å². The van der Waals surface area contributed by atoms with Crippen LogP contribution in [0.5, 0.6) is 0 Å². The van der Waals surface area contributed by atoms with E-state index >= 15 is 0 Å². The zero-order valence-corrected chi connectivity index (χ0v) is 13.1. The van der Waals surface area contributed by atoms with E-state index in [1.165, 1.54) is 0 Å². The van der Waals surface area contributed by atoms with Gasteiger partial charge in [0.1, 0.15) is 5.76 Å². The molecule has 0 amide bonds. The van der Waals surface area contributed by atoms with Gasteiger partial charge in [-0.05, 0) is 31.9 Å². The van der Waals surface area contributed by atoms with Gasteiger partial charge in [0.25, 0.3) is 0 Å². The average Bonchev–Trinajstić information content (AvgIpc) is 3.07. The highest BCUT2D eigenvalue weighted by Crippen LogP contribution is 2.26. The Morgan fingerprint density at radius 2 is 2.10 bits per heavy atom. The molecule has 0 spiro atoms. The number of aryl methyl sites for hydroxylation is 1. The lowest BCUT2D eigenvalue weighted by molar-refractivity contribution is 0.0323. The van der Waals surface area contributed by atoms with Gasteiger partial charge in [-0.15, -0.1) is 11.3 Å². The third kappa shape index (κ3) is 3.69. The van der Waals surface area contributed by atoms with Crippen molar-refractivity contribution >= 4 is 11.3 Å². The highest BCUT2D eigenvalue weighted by atomic mass is 32.1. The molecule has 2 aromatic heterocycles. The van der Waals surface area contributed by atoms with Gasteiger partial charge >= 0.3 is 0 Å². The Bertz CT molecular complexity index is 544. The number of nitrogens with one attached hydrogen (secondary N) is 1. The van der Waals surface area contributed by atoms with E-state index in [-0.39, 0.29) is 0 Å². The molecule has 0 bridgehead atoms. The van der Waals surface area contributed by atoms with Crippen LogP contribution in [0.25, 0.3) is 10.8 Å². The van der Waals surface area contributed by atoms with Crippen molar-refractivity contribution in [1.82, 2.24) is 10.3 Å². The van der Waals surface area contributed by atoms with E-state index in [4.69, 9.17) is 4.42 Å². The van der Waals surface area contributed by atoms with E-state index in [9.17, 15) is 5.11 Å². The molecule has 20 heavy (non-hydrogen) atoms. The summed E-state index contributed by atoms with van der Waals surface area (Å²) in [5.74, 6) is 1.71. The van der Waals surface area contributed by atoms with Crippen LogP contribution in [-0.2, 0) is 6.54 Å². The molecule has 0 saturated heterocycles. The molecule has 0 fully saturated rings. The van der Waals surface area contributed by atoms with E-state index in [1.54, 1.807) is 11.3 Å². The molecule has 2 rings (SSSR count). The lowest BCUT2D eigenvalue weighted by atomic mass is 9.98. The molecule has 4 nitrogen and oxygen atoms in total. The summed E-state index contributed by atoms with van der Waals surface area (Å²) in [5, 5.41) is 14.4. The highest BCUT2D eigenvalue weighted by molar-refractivity contribution is 7.14. The SMILES string of the molecule is CCC(O)(CC)CNCc1cnc(-c2ccc(C)o2)s1. The quantitative estimate of drug-likeness (QED) is 0.822. The number of nitrogens with zero attached hydrogens (tertiary/aromatic N) is 1. The second-order valence-electron chi connectivity index (χ2n) is 5.08. The fraction of sp³-hybridized carbons (Fsp3) is 0.533. The number of aliphatic hydroxyl groups is 1. The van der Waals surface area contributed by atoms with Gasteiger partial charge in [-0.25, -0.2) is 4.98 Å². The summed E-state index contributed by atoms with van der Waals surface area (Å²) in [6.45, 7) is 7.27. The normalized spacial score (nSPS) is 12.0. The number of rotatable bonds is 7. The number of aromatic nitrogens is 1. The van der Waals surface area contributed by atoms with E-state index in [0.29, 0.717) is 6.54 Å². The Morgan fingerprint density at radius 1 is 1.35 bits per heavy atom. The van der Waals surface area contributed by atoms with Crippen LogP contribution in [0.15, 0.2) is 22.7 Å². The third-order valence-electron chi connectivity index (χ3n) is 3.57. The van der Waals surface area contributed by atoms with Gasteiger partial charge in [0.2, 0.25) is 0 Å². The Kier molecular flexibility index (Phi) is 4.96. The minimum atomic E-state index is -0.606. The van der Waals surface area contributed by atoms with Crippen LogP contribution in [-0.4, -0.2) is 22.2 Å². The number of hydrogen-bond donors (Lipinski definition) is 2. The maximum Gasteiger partial charge on any atom is 0.162 e. The Labute approximate surface area is 123 Å². The molecule has 2 aromatic rings. The molecule has 0 aliphatic carbocycles. The largest absolute Gasteiger partial charge is 0.459 e. The van der Waals surface area contributed by atoms with Crippen molar-refractivity contribution in [3.05, 3.63) is 29.0 Å². The molecule has 2 heterocycles. The zero-order chi connectivity index (χ0) is 14.6. The molecule has 0 aliphatic rings. The predicted molar refractivity (Wildman–Crippen MR) is 81.8 cm³/mol. The smallest absolute Gasteiger partial charge is 0.162 e. The molecule has 0 aliphatic heterocycles. The van der Waals surface area contributed by atoms with Crippen molar-refractivity contribution in [1.29, 1.82) is 0 Å². The number of hydrogen-bond acceptors (Lipinski definition) is 5. The molecule has 0 radical (unpaired) electrons. The fourth-order valence-electron chi connectivity index (χ4n) is 1.97. The summed E-state index contributed by atoms with van der Waals surface area (Å²) < 4.78 is 5.56. The van der Waals surface area contributed by atoms with Crippen molar-refractivity contribution in [3.8, 4) is 10.8 Å². The maximum absolute atomic E-state index is 10.2. The average molecular weight is 294 g/mol. The minimum Gasteiger partial charge on any atom is -0.459 e. The summed E-state index contributed by atoms with van der Waals surface area (Å²) in [6.07, 6.45) is 3.38. The lowest BCUT2D eigenvalue weighted by Crippen LogP contribution is -2.39. The van der Waals surface area contributed by atoms with Crippen LogP contribution >= 0.6 is 11.3 Å². The van der Waals surface area contributed by atoms with E-state index in [1.807, 2.05) is 39.1 Å². The molecule has 2 N–H and O–H groups in total. The van der Waals surface area contributed by atoms with Gasteiger partial charge < -0.3 is 14.8 Å². The first kappa shape index (κ1) is 15.2. The van der Waals surface area contributed by atoms with Crippen molar-refractivity contribution in [2.45, 2.75) is 45.8 Å². The van der Waals surface area contributed by atoms with Crippen molar-refractivity contribution in [3.63, 3.8) is 0 Å². The van der Waals surface area contributed by atoms with Crippen LogP contribution in [0.1, 0.15) is 37.3 Å². The molecule has 110 valence electrons. The van der Waals surface area contributed by atoms with E-state index < -0.39 is 5.60 Å². The van der Waals surface area contributed by atoms with Crippen LogP contribution in [0.4, 0.5) is 0 Å². The van der Waals surface area contributed by atoms with Crippen LogP contribution in [0.3, 0.4) is 0 Å². The second-order valence-corrected chi connectivity index (χ2v) is 6.19. The van der Waals surface area contributed by atoms with Gasteiger partial charge in [-0.1, -0.05) is 13.8 Å². The first-order valence-corrected chi connectivity index (χ1v) is 7.82. The summed E-state index contributed by atoms with van der Waals surface area (Å²) in [7, 11) is 0. The van der Waals surface area contributed by atoms with Crippen molar-refractivity contribution in [2.75, 3.05) is 6.54 Å². The first-order valence-electron chi connectivity index (χ1n) is 7.01. The minimum absolute atomic E-state index is 0.604. The Morgan fingerprint density at radius 3 is 2.70 bits per heavy atom. The Balaban J connectivity index is 1.90. The highest BCUT2D eigenvalue weighted by Gasteiger charge is 2.21. The maximum atomic E-state index is 10.2. The van der Waals surface area contributed by atoms with E-state index in [2.05, 4.69) is 10.3 Å². The topological polar surface area (TPSA) is 58.3 Å². The first-order chi connectivity index (χ1) is 9.56. The van der Waals surface area contributed by atoms with Crippen molar-refractivity contribution in [2.24, 2.45) is 0 Å². The zero-order valence-electron chi connectivity index (χ0n) is 12.3. The molecular formula is C15H22N2O2S. The van der Waals surface area contributed by atoms with Crippen LogP contribution < -0.4 is 5.32 Å². The summed E-state index contributed by atoms with van der Waals surface area (Å²) in [5.41, 5.74) is -0.606. The molecule has 0 atom stereocenters. The van der Waals surface area contributed by atoms with Gasteiger partial charge in [-0.3, -0.25) is 0 Å². The summed E-state index contributed by atoms with van der Waals surface area (Å²) in [6, 6.07) is 3.88.